The molecule has 14 nitrogen and oxygen atoms in total. The lowest BCUT2D eigenvalue weighted by Crippen LogP contribution is -2.46. The molecule has 1 aliphatic rings. The van der Waals surface area contributed by atoms with Crippen molar-refractivity contribution in [2.75, 3.05) is 60.9 Å². The maximum Gasteiger partial charge on any atom is 0.326 e. The molecule has 2 aromatic rings. The van der Waals surface area contributed by atoms with E-state index in [1.54, 1.807) is 34.9 Å². The van der Waals surface area contributed by atoms with Crippen LogP contribution in [0.25, 0.3) is 11.1 Å². The molecule has 0 saturated carbocycles. The van der Waals surface area contributed by atoms with Crippen molar-refractivity contribution >= 4 is 45.5 Å². The number of likely N-dealkylation sites (N-methyl/N-ethyl adjacent to an activating group) is 2. The monoisotopic (exact) mass is 938 g/mol. The van der Waals surface area contributed by atoms with Crippen molar-refractivity contribution in [3.8, 4) is 11.1 Å². The molecule has 0 radical (unpaired) electrons. The smallest absolute Gasteiger partial charge is 0.326 e. The highest BCUT2D eigenvalue weighted by Gasteiger charge is 2.33. The van der Waals surface area contributed by atoms with E-state index in [1.807, 2.05) is 72.6 Å². The Balaban J connectivity index is 0.00000672. The van der Waals surface area contributed by atoms with Gasteiger partial charge in [-0.2, -0.15) is 0 Å². The Kier molecular flexibility index (Phi) is 24.6. The SMILES string of the molecule is CC.CC/C=C\CC/C=C(/Br)CCNC(=O)c1cc(-c2cc(C(=O)NC(C(=O)O)C(C)CC)nc(C(=O)N3CCCC3CN(C)C)c2)cc(C(=O)N(CCC)C(CC)CN(C)C)n1. The molecule has 1 aliphatic heterocycles. The molecule has 63 heavy (non-hydrogen) atoms. The Morgan fingerprint density at radius 3 is 2.06 bits per heavy atom. The maximum absolute atomic E-state index is 14.6. The van der Waals surface area contributed by atoms with Crippen LogP contribution >= 0.6 is 15.9 Å². The zero-order valence-electron chi connectivity index (χ0n) is 39.8. The molecule has 3 heterocycles. The number of carboxylic acid groups (broad SMARTS) is 1. The summed E-state index contributed by atoms with van der Waals surface area (Å²) in [6.45, 7) is 16.3. The third-order valence-corrected chi connectivity index (χ3v) is 11.6. The van der Waals surface area contributed by atoms with Gasteiger partial charge in [0.15, 0.2) is 0 Å². The first-order chi connectivity index (χ1) is 30.0. The summed E-state index contributed by atoms with van der Waals surface area (Å²) >= 11 is 3.62. The average Bonchev–Trinajstić information content (AvgIpc) is 3.73. The summed E-state index contributed by atoms with van der Waals surface area (Å²) in [5.74, 6) is -3.55. The molecule has 1 saturated heterocycles. The van der Waals surface area contributed by atoms with Crippen molar-refractivity contribution in [2.45, 2.75) is 124 Å². The number of aromatic nitrogens is 2. The Morgan fingerprint density at radius 1 is 0.873 bits per heavy atom. The lowest BCUT2D eigenvalue weighted by atomic mass is 9.98. The van der Waals surface area contributed by atoms with Gasteiger partial charge in [0.2, 0.25) is 0 Å². The summed E-state index contributed by atoms with van der Waals surface area (Å²) in [4.78, 5) is 85.8. The number of allylic oxidation sites excluding steroid dienone is 3. The van der Waals surface area contributed by atoms with Gasteiger partial charge in [-0.1, -0.05) is 89.0 Å². The van der Waals surface area contributed by atoms with E-state index < -0.39 is 23.8 Å². The standard InChI is InChI=1S/C46H69BrN8O6.C2H6/c1-10-14-15-16-17-19-34(47)21-22-48-42(56)37-25-32(27-39(49-37)44(58)54(23-11-2)35(13-4)29-52(6)7)33-26-38(43(57)51-41(46(60)61)31(5)12-3)50-40(28-33)45(59)55-24-18-20-36(55)30-53(8)9;1-2/h14-15,19,25-28,31,35-36,41H,10-13,16-18,20-24,29-30H2,1-9H3,(H,48,56)(H,51,57)(H,60,61);1-2H3/b15-14-,34-19+;. The Bertz CT molecular complexity index is 1870. The van der Waals surface area contributed by atoms with Crippen molar-refractivity contribution in [3.05, 3.63) is 69.8 Å². The molecule has 4 amide bonds. The number of hydrogen-bond acceptors (Lipinski definition) is 9. The second kappa shape index (κ2) is 28.3. The van der Waals surface area contributed by atoms with Crippen molar-refractivity contribution in [1.82, 2.24) is 40.2 Å². The maximum atomic E-state index is 14.6. The number of aliphatic carboxylic acids is 1. The second-order valence-electron chi connectivity index (χ2n) is 16.4. The molecule has 0 bridgehead atoms. The van der Waals surface area contributed by atoms with E-state index in [2.05, 4.69) is 61.7 Å². The minimum Gasteiger partial charge on any atom is -0.480 e. The molecular formula is C48H75BrN8O6. The summed E-state index contributed by atoms with van der Waals surface area (Å²) < 4.78 is 0.959. The molecule has 0 aromatic carbocycles. The van der Waals surface area contributed by atoms with Gasteiger partial charge in [0.25, 0.3) is 23.6 Å². The molecule has 3 rings (SSSR count). The topological polar surface area (TPSA) is 168 Å². The van der Waals surface area contributed by atoms with E-state index in [0.29, 0.717) is 69.5 Å². The number of amides is 4. The van der Waals surface area contributed by atoms with Crippen molar-refractivity contribution < 1.29 is 29.1 Å². The molecule has 4 unspecified atom stereocenters. The number of nitrogens with zero attached hydrogens (tertiary/aromatic N) is 6. The summed E-state index contributed by atoms with van der Waals surface area (Å²) in [5, 5.41) is 15.6. The third kappa shape index (κ3) is 17.2. The van der Waals surface area contributed by atoms with Crippen molar-refractivity contribution in [3.63, 3.8) is 0 Å². The fourth-order valence-electron chi connectivity index (χ4n) is 7.42. The Morgan fingerprint density at radius 2 is 1.49 bits per heavy atom. The zero-order valence-corrected chi connectivity index (χ0v) is 41.4. The van der Waals surface area contributed by atoms with Crippen LogP contribution in [0, 0.1) is 5.92 Å². The number of unbranched alkanes of at least 4 members (excludes halogenated alkanes) is 1. The van der Waals surface area contributed by atoms with E-state index in [9.17, 15) is 29.1 Å². The highest BCUT2D eigenvalue weighted by atomic mass is 79.9. The van der Waals surface area contributed by atoms with Crippen LogP contribution in [0.15, 0.2) is 47.0 Å². The van der Waals surface area contributed by atoms with Crippen LogP contribution in [0.1, 0.15) is 148 Å². The van der Waals surface area contributed by atoms with E-state index in [0.717, 1.165) is 36.6 Å². The van der Waals surface area contributed by atoms with Crippen LogP contribution in [0.3, 0.4) is 0 Å². The van der Waals surface area contributed by atoms with Crippen molar-refractivity contribution in [2.24, 2.45) is 5.92 Å². The second-order valence-corrected chi connectivity index (χ2v) is 17.4. The highest BCUT2D eigenvalue weighted by Crippen LogP contribution is 2.27. The van der Waals surface area contributed by atoms with Crippen LogP contribution in [0.4, 0.5) is 0 Å². The van der Waals surface area contributed by atoms with E-state index >= 15 is 0 Å². The molecule has 0 aliphatic carbocycles. The lowest BCUT2D eigenvalue weighted by Gasteiger charge is -2.33. The van der Waals surface area contributed by atoms with E-state index in [4.69, 9.17) is 0 Å². The molecule has 350 valence electrons. The number of carboxylic acids is 1. The number of carbonyl (C=O) groups excluding carboxylic acids is 4. The van der Waals surface area contributed by atoms with Gasteiger partial charge in [-0.25, -0.2) is 14.8 Å². The highest BCUT2D eigenvalue weighted by molar-refractivity contribution is 9.11. The Hall–Kier alpha value is -4.47. The summed E-state index contributed by atoms with van der Waals surface area (Å²) in [6, 6.07) is 4.78. The first-order valence-electron chi connectivity index (χ1n) is 22.8. The molecule has 0 spiro atoms. The van der Waals surface area contributed by atoms with Crippen LogP contribution in [0.5, 0.6) is 0 Å². The van der Waals surface area contributed by atoms with Crippen molar-refractivity contribution in [1.29, 1.82) is 0 Å². The quantitative estimate of drug-likeness (QED) is 0.0695. The Labute approximate surface area is 385 Å². The van der Waals surface area contributed by atoms with Crippen LogP contribution in [-0.4, -0.2) is 143 Å². The lowest BCUT2D eigenvalue weighted by molar-refractivity contribution is -0.140. The fourth-order valence-corrected chi connectivity index (χ4v) is 7.85. The van der Waals surface area contributed by atoms with Crippen LogP contribution < -0.4 is 10.6 Å². The summed E-state index contributed by atoms with van der Waals surface area (Å²) in [5.41, 5.74) is 0.574. The number of hydrogen-bond donors (Lipinski definition) is 3. The summed E-state index contributed by atoms with van der Waals surface area (Å²) in [6.07, 6.45) is 13.2. The number of rotatable bonds is 24. The largest absolute Gasteiger partial charge is 0.480 e. The number of nitrogens with one attached hydrogen (secondary N) is 2. The fraction of sp³-hybridized carbons (Fsp3) is 0.604. The van der Waals surface area contributed by atoms with Gasteiger partial charge in [0.05, 0.1) is 0 Å². The minimum atomic E-state index is -1.20. The van der Waals surface area contributed by atoms with E-state index in [1.165, 1.54) is 6.07 Å². The minimum absolute atomic E-state index is 0.00764. The zero-order chi connectivity index (χ0) is 47.2. The summed E-state index contributed by atoms with van der Waals surface area (Å²) in [7, 11) is 7.81. The third-order valence-electron chi connectivity index (χ3n) is 10.8. The predicted molar refractivity (Wildman–Crippen MR) is 256 cm³/mol. The van der Waals surface area contributed by atoms with Gasteiger partial charge in [-0.05, 0) is 125 Å². The molecule has 4 atom stereocenters. The predicted octanol–water partition coefficient (Wildman–Crippen LogP) is 7.90. The molecule has 2 aromatic heterocycles. The van der Waals surface area contributed by atoms with Crippen LogP contribution in [-0.2, 0) is 4.79 Å². The van der Waals surface area contributed by atoms with Gasteiger partial charge < -0.3 is 35.3 Å². The van der Waals surface area contributed by atoms with Gasteiger partial charge in [0, 0.05) is 44.8 Å². The van der Waals surface area contributed by atoms with Gasteiger partial charge >= 0.3 is 5.97 Å². The molecule has 1 fully saturated rings. The first kappa shape index (κ1) is 54.7. The number of pyridine rings is 2. The first-order valence-corrected chi connectivity index (χ1v) is 23.6. The number of halogens is 1. The molecule has 15 heteroatoms. The van der Waals surface area contributed by atoms with Gasteiger partial charge in [-0.3, -0.25) is 19.2 Å². The number of likely N-dealkylation sites (tertiary alicyclic amines) is 1. The van der Waals surface area contributed by atoms with E-state index in [-0.39, 0.29) is 52.6 Å². The average molecular weight is 940 g/mol. The van der Waals surface area contributed by atoms with Crippen LogP contribution in [0.2, 0.25) is 0 Å². The number of carbonyl (C=O) groups is 5. The van der Waals surface area contributed by atoms with Gasteiger partial charge in [-0.15, -0.1) is 0 Å². The molecular weight excluding hydrogens is 864 g/mol. The van der Waals surface area contributed by atoms with Gasteiger partial charge in [0.1, 0.15) is 28.8 Å². The molecule has 3 N–H and O–H groups in total. The normalized spacial score (nSPS) is 15.5.